The Kier molecular flexibility index (Phi) is 7.64. The van der Waals surface area contributed by atoms with E-state index in [-0.39, 0.29) is 24.0 Å². The van der Waals surface area contributed by atoms with Crippen molar-refractivity contribution in [2.45, 2.75) is 45.2 Å². The molecule has 2 bridgehead atoms. The van der Waals surface area contributed by atoms with Crippen molar-refractivity contribution in [2.75, 3.05) is 19.6 Å². The van der Waals surface area contributed by atoms with Crippen molar-refractivity contribution in [3.63, 3.8) is 0 Å². The largest absolute Gasteiger partial charge is 0.490 e. The first-order chi connectivity index (χ1) is 13.5. The van der Waals surface area contributed by atoms with Crippen LogP contribution in [0.1, 0.15) is 25.8 Å². The molecule has 2 fully saturated rings. The minimum absolute atomic E-state index is 0.00245. The first-order valence-electron chi connectivity index (χ1n) is 9.38. The normalized spacial score (nSPS) is 24.2. The third-order valence-corrected chi connectivity index (χ3v) is 4.66. The van der Waals surface area contributed by atoms with Gasteiger partial charge in [0.15, 0.2) is 0 Å². The molecule has 2 saturated heterocycles. The van der Waals surface area contributed by atoms with E-state index in [0.29, 0.717) is 5.92 Å². The van der Waals surface area contributed by atoms with Crippen LogP contribution in [0.3, 0.4) is 0 Å². The van der Waals surface area contributed by atoms with Gasteiger partial charge in [-0.25, -0.2) is 4.79 Å². The number of morpholine rings is 1. The number of hydrogen-bond acceptors (Lipinski definition) is 5. The molecule has 3 rings (SSSR count). The highest BCUT2D eigenvalue weighted by atomic mass is 19.4. The lowest BCUT2D eigenvalue weighted by Crippen LogP contribution is -2.45. The van der Waals surface area contributed by atoms with Crippen LogP contribution in [0.2, 0.25) is 0 Å². The van der Waals surface area contributed by atoms with Crippen LogP contribution in [0.25, 0.3) is 0 Å². The molecule has 11 heteroatoms. The number of carboxylic acids is 1. The monoisotopic (exact) mass is 420 g/mol. The zero-order chi connectivity index (χ0) is 21.8. The number of aliphatic carboxylic acids is 1. The number of nitrogens with one attached hydrogen (secondary N) is 1. The second kappa shape index (κ2) is 9.57. The van der Waals surface area contributed by atoms with Gasteiger partial charge in [-0.05, 0) is 12.3 Å². The van der Waals surface area contributed by atoms with Crippen LogP contribution in [0.15, 0.2) is 12.4 Å². The number of hydrogen-bond donors (Lipinski definition) is 2. The summed E-state index contributed by atoms with van der Waals surface area (Å²) in [6, 6.07) is 0. The summed E-state index contributed by atoms with van der Waals surface area (Å²) in [4.78, 5) is 23.6. The average Bonchev–Trinajstić information content (AvgIpc) is 3.14. The van der Waals surface area contributed by atoms with E-state index >= 15 is 0 Å². The van der Waals surface area contributed by atoms with Gasteiger partial charge in [-0.15, -0.1) is 0 Å². The van der Waals surface area contributed by atoms with Gasteiger partial charge in [0.2, 0.25) is 5.91 Å². The van der Waals surface area contributed by atoms with Crippen molar-refractivity contribution in [3.05, 3.63) is 18.0 Å². The van der Waals surface area contributed by atoms with E-state index < -0.39 is 12.1 Å². The van der Waals surface area contributed by atoms with Crippen LogP contribution in [-0.2, 0) is 27.9 Å². The molecule has 164 valence electrons. The first kappa shape index (κ1) is 23.1. The quantitative estimate of drug-likeness (QED) is 0.748. The maximum atomic E-state index is 12.3. The van der Waals surface area contributed by atoms with Gasteiger partial charge in [0, 0.05) is 45.0 Å². The number of nitrogens with zero attached hydrogens (tertiary/aromatic N) is 3. The number of rotatable bonds is 5. The minimum Gasteiger partial charge on any atom is -0.475 e. The van der Waals surface area contributed by atoms with E-state index in [9.17, 15) is 18.0 Å². The smallest absolute Gasteiger partial charge is 0.475 e. The standard InChI is InChI=1S/C16H26N4O2.C2HF3O2/c1-11(2)5-17-16(21)14-4-13-9-20(10-15(14)22-13)8-12-6-18-19(3)7-12;3-2(4,5)1(6)7/h6-7,11,13-15H,4-5,8-10H2,1-3H3,(H,17,21);(H,6,7). The Hall–Kier alpha value is -2.14. The van der Waals surface area contributed by atoms with Gasteiger partial charge in [-0.1, -0.05) is 13.8 Å². The Bertz CT molecular complexity index is 708. The molecular formula is C18H27F3N4O4. The maximum absolute atomic E-state index is 12.3. The number of carbonyl (C=O) groups excluding carboxylic acids is 1. The summed E-state index contributed by atoms with van der Waals surface area (Å²) in [5, 5.41) is 14.4. The summed E-state index contributed by atoms with van der Waals surface area (Å²) in [7, 11) is 1.93. The molecule has 29 heavy (non-hydrogen) atoms. The lowest BCUT2D eigenvalue weighted by molar-refractivity contribution is -0.192. The van der Waals surface area contributed by atoms with Gasteiger partial charge in [-0.2, -0.15) is 18.3 Å². The van der Waals surface area contributed by atoms with Gasteiger partial charge in [0.05, 0.1) is 24.3 Å². The second-order valence-electron chi connectivity index (χ2n) is 7.80. The third-order valence-electron chi connectivity index (χ3n) is 4.66. The average molecular weight is 420 g/mol. The number of amides is 1. The Morgan fingerprint density at radius 2 is 2.03 bits per heavy atom. The summed E-state index contributed by atoms with van der Waals surface area (Å²) < 4.78 is 39.5. The third kappa shape index (κ3) is 7.00. The first-order valence-corrected chi connectivity index (χ1v) is 9.38. The van der Waals surface area contributed by atoms with E-state index in [2.05, 4.69) is 29.2 Å². The van der Waals surface area contributed by atoms with Crippen molar-refractivity contribution < 1.29 is 32.6 Å². The van der Waals surface area contributed by atoms with Crippen LogP contribution in [0.4, 0.5) is 13.2 Å². The topological polar surface area (TPSA) is 96.7 Å². The highest BCUT2D eigenvalue weighted by Crippen LogP contribution is 2.32. The number of carboxylic acid groups (broad SMARTS) is 1. The lowest BCUT2D eigenvalue weighted by atomic mass is 9.99. The number of fused-ring (bicyclic) bond motifs is 2. The number of alkyl halides is 3. The molecule has 2 N–H and O–H groups in total. The fraction of sp³-hybridized carbons (Fsp3) is 0.722. The van der Waals surface area contributed by atoms with Gasteiger partial charge in [0.25, 0.3) is 0 Å². The highest BCUT2D eigenvalue weighted by Gasteiger charge is 2.44. The summed E-state index contributed by atoms with van der Waals surface area (Å²) in [6.45, 7) is 7.57. The molecule has 8 nitrogen and oxygen atoms in total. The molecule has 1 aromatic heterocycles. The zero-order valence-electron chi connectivity index (χ0n) is 16.6. The number of halogens is 3. The van der Waals surface area contributed by atoms with Crippen LogP contribution in [0, 0.1) is 11.8 Å². The van der Waals surface area contributed by atoms with E-state index in [4.69, 9.17) is 14.6 Å². The van der Waals surface area contributed by atoms with Gasteiger partial charge in [0.1, 0.15) is 0 Å². The van der Waals surface area contributed by atoms with Crippen molar-refractivity contribution in [1.82, 2.24) is 20.0 Å². The van der Waals surface area contributed by atoms with Crippen molar-refractivity contribution in [1.29, 1.82) is 0 Å². The van der Waals surface area contributed by atoms with Crippen molar-refractivity contribution >= 4 is 11.9 Å². The molecule has 3 unspecified atom stereocenters. The van der Waals surface area contributed by atoms with Gasteiger partial charge < -0.3 is 15.2 Å². The number of ether oxygens (including phenoxy) is 1. The summed E-state index contributed by atoms with van der Waals surface area (Å²) in [6.07, 6.45) is -0.0696. The molecule has 1 amide bonds. The molecule has 3 atom stereocenters. The summed E-state index contributed by atoms with van der Waals surface area (Å²) in [5.74, 6) is -2.12. The van der Waals surface area contributed by atoms with Gasteiger partial charge >= 0.3 is 12.1 Å². The predicted octanol–water partition coefficient (Wildman–Crippen LogP) is 1.41. The number of aryl methyl sites for hydroxylation is 1. The van der Waals surface area contributed by atoms with Crippen LogP contribution < -0.4 is 5.32 Å². The molecule has 0 radical (unpaired) electrons. The molecule has 2 aliphatic heterocycles. The van der Waals surface area contributed by atoms with Crippen LogP contribution in [0.5, 0.6) is 0 Å². The summed E-state index contributed by atoms with van der Waals surface area (Å²) >= 11 is 0. The second-order valence-corrected chi connectivity index (χ2v) is 7.80. The Morgan fingerprint density at radius 1 is 1.38 bits per heavy atom. The fourth-order valence-corrected chi connectivity index (χ4v) is 3.39. The molecule has 0 spiro atoms. The van der Waals surface area contributed by atoms with E-state index in [1.807, 2.05) is 24.1 Å². The van der Waals surface area contributed by atoms with E-state index in [1.165, 1.54) is 5.56 Å². The molecule has 0 saturated carbocycles. The fourth-order valence-electron chi connectivity index (χ4n) is 3.39. The Morgan fingerprint density at radius 3 is 2.55 bits per heavy atom. The summed E-state index contributed by atoms with van der Waals surface area (Å²) in [5.41, 5.74) is 1.21. The molecule has 3 heterocycles. The number of likely N-dealkylation sites (tertiary alicyclic amines) is 1. The van der Waals surface area contributed by atoms with Crippen LogP contribution >= 0.6 is 0 Å². The highest BCUT2D eigenvalue weighted by molar-refractivity contribution is 5.79. The Balaban J connectivity index is 0.000000370. The molecule has 1 aromatic rings. The molecule has 2 aliphatic rings. The van der Waals surface area contributed by atoms with Crippen molar-refractivity contribution in [2.24, 2.45) is 18.9 Å². The molecule has 0 aliphatic carbocycles. The van der Waals surface area contributed by atoms with E-state index in [0.717, 1.165) is 32.6 Å². The lowest BCUT2D eigenvalue weighted by Gasteiger charge is -2.32. The molecular weight excluding hydrogens is 393 g/mol. The van der Waals surface area contributed by atoms with E-state index in [1.54, 1.807) is 0 Å². The number of aromatic nitrogens is 2. The maximum Gasteiger partial charge on any atom is 0.490 e. The van der Waals surface area contributed by atoms with Gasteiger partial charge in [-0.3, -0.25) is 14.4 Å². The molecule has 0 aromatic carbocycles. The predicted molar refractivity (Wildman–Crippen MR) is 96.8 cm³/mol. The minimum atomic E-state index is -5.08. The van der Waals surface area contributed by atoms with Crippen molar-refractivity contribution in [3.8, 4) is 0 Å². The SMILES string of the molecule is CC(C)CNC(=O)C1CC2CN(Cc3cnn(C)c3)CC1O2.O=C(O)C(F)(F)F. The van der Waals surface area contributed by atoms with Crippen LogP contribution in [-0.4, -0.2) is 69.7 Å². The Labute approximate surface area is 167 Å². The number of carbonyl (C=O) groups is 2. The zero-order valence-corrected chi connectivity index (χ0v) is 16.6.